The molecule has 0 aliphatic rings. The zero-order valence-corrected chi connectivity index (χ0v) is 40.4. The molecule has 0 aliphatic heterocycles. The summed E-state index contributed by atoms with van der Waals surface area (Å²) >= 11 is 0. The van der Waals surface area contributed by atoms with Gasteiger partial charge in [0.1, 0.15) is 13.2 Å². The van der Waals surface area contributed by atoms with Crippen molar-refractivity contribution in [1.82, 2.24) is 0 Å². The lowest BCUT2D eigenvalue weighted by molar-refractivity contribution is -0.167. The third-order valence-corrected chi connectivity index (χ3v) is 11.3. The van der Waals surface area contributed by atoms with E-state index >= 15 is 0 Å². The normalized spacial score (nSPS) is 12.4. The van der Waals surface area contributed by atoms with Gasteiger partial charge >= 0.3 is 17.9 Å². The van der Waals surface area contributed by atoms with Crippen molar-refractivity contribution in [2.75, 3.05) is 13.2 Å². The zero-order valence-electron chi connectivity index (χ0n) is 40.4. The molecule has 0 spiro atoms. The Kier molecular flexibility index (Phi) is 47.9. The first-order chi connectivity index (χ1) is 30.0. The molecule has 0 aromatic carbocycles. The van der Waals surface area contributed by atoms with Gasteiger partial charge in [-0.3, -0.25) is 14.4 Å². The molecule has 0 saturated carbocycles. The zero-order chi connectivity index (χ0) is 44.4. The van der Waals surface area contributed by atoms with Crippen LogP contribution in [0.5, 0.6) is 0 Å². The van der Waals surface area contributed by atoms with Crippen molar-refractivity contribution in [3.05, 3.63) is 48.6 Å². The molecular formula is C55H98O6. The van der Waals surface area contributed by atoms with E-state index in [2.05, 4.69) is 69.4 Å². The second kappa shape index (κ2) is 50.0. The molecule has 0 heterocycles. The molecule has 1 atom stereocenters. The summed E-state index contributed by atoms with van der Waals surface area (Å²) in [5, 5.41) is 0. The summed E-state index contributed by atoms with van der Waals surface area (Å²) in [6.07, 6.45) is 59.5. The lowest BCUT2D eigenvalue weighted by Gasteiger charge is -2.18. The Morgan fingerprint density at radius 2 is 0.689 bits per heavy atom. The van der Waals surface area contributed by atoms with E-state index < -0.39 is 6.10 Å². The number of hydrogen-bond donors (Lipinski definition) is 0. The summed E-state index contributed by atoms with van der Waals surface area (Å²) in [4.78, 5) is 37.9. The SMILES string of the molecule is CC/C=C\C/C=C\CCCCCCCCCC(=O)OC(COC(=O)CCCCCCCCCCCC)COC(=O)CCCCCCCCCCCC/C=C\C=C/CCCCC. The lowest BCUT2D eigenvalue weighted by Crippen LogP contribution is -2.30. The van der Waals surface area contributed by atoms with Crippen LogP contribution in [-0.4, -0.2) is 37.2 Å². The van der Waals surface area contributed by atoms with Crippen LogP contribution < -0.4 is 0 Å². The second-order valence-corrected chi connectivity index (χ2v) is 17.4. The molecule has 0 aliphatic carbocycles. The number of unbranched alkanes of at least 4 members (excludes halogenated alkanes) is 29. The van der Waals surface area contributed by atoms with Crippen LogP contribution in [0.1, 0.15) is 265 Å². The minimum Gasteiger partial charge on any atom is -0.462 e. The molecule has 0 amide bonds. The van der Waals surface area contributed by atoms with E-state index in [0.29, 0.717) is 19.3 Å². The summed E-state index contributed by atoms with van der Waals surface area (Å²) in [5.74, 6) is -0.881. The number of esters is 3. The molecule has 0 rings (SSSR count). The summed E-state index contributed by atoms with van der Waals surface area (Å²) in [7, 11) is 0. The van der Waals surface area contributed by atoms with Crippen LogP contribution in [0.25, 0.3) is 0 Å². The minimum atomic E-state index is -0.774. The van der Waals surface area contributed by atoms with Gasteiger partial charge in [-0.1, -0.05) is 223 Å². The van der Waals surface area contributed by atoms with Crippen LogP contribution in [0.4, 0.5) is 0 Å². The summed E-state index contributed by atoms with van der Waals surface area (Å²) < 4.78 is 16.8. The Bertz CT molecular complexity index is 1070. The number of rotatable bonds is 47. The van der Waals surface area contributed by atoms with Crippen LogP contribution in [0.3, 0.4) is 0 Å². The van der Waals surface area contributed by atoms with Crippen LogP contribution in [0, 0.1) is 0 Å². The first kappa shape index (κ1) is 58.4. The van der Waals surface area contributed by atoms with Crippen molar-refractivity contribution in [1.29, 1.82) is 0 Å². The van der Waals surface area contributed by atoms with Crippen molar-refractivity contribution >= 4 is 17.9 Å². The Balaban J connectivity index is 4.31. The highest BCUT2D eigenvalue weighted by molar-refractivity contribution is 5.71. The molecule has 61 heavy (non-hydrogen) atoms. The molecule has 0 saturated heterocycles. The molecule has 6 nitrogen and oxygen atoms in total. The Labute approximate surface area is 378 Å². The lowest BCUT2D eigenvalue weighted by atomic mass is 10.1. The number of carbonyl (C=O) groups excluding carboxylic acids is 3. The smallest absolute Gasteiger partial charge is 0.306 e. The van der Waals surface area contributed by atoms with Gasteiger partial charge in [0, 0.05) is 19.3 Å². The van der Waals surface area contributed by atoms with Gasteiger partial charge in [-0.25, -0.2) is 0 Å². The fourth-order valence-corrected chi connectivity index (χ4v) is 7.41. The molecule has 1 unspecified atom stereocenters. The maximum Gasteiger partial charge on any atom is 0.306 e. The van der Waals surface area contributed by atoms with Gasteiger partial charge in [-0.05, 0) is 70.6 Å². The van der Waals surface area contributed by atoms with E-state index in [1.54, 1.807) is 0 Å². The highest BCUT2D eigenvalue weighted by Crippen LogP contribution is 2.15. The molecule has 6 heteroatoms. The Hall–Kier alpha value is -2.63. The van der Waals surface area contributed by atoms with Gasteiger partial charge in [-0.15, -0.1) is 0 Å². The average Bonchev–Trinajstić information content (AvgIpc) is 3.26. The molecule has 0 radical (unpaired) electrons. The maximum absolute atomic E-state index is 12.8. The van der Waals surface area contributed by atoms with Crippen molar-refractivity contribution in [2.45, 2.75) is 271 Å². The molecule has 354 valence electrons. The van der Waals surface area contributed by atoms with Gasteiger partial charge in [-0.2, -0.15) is 0 Å². The topological polar surface area (TPSA) is 78.9 Å². The molecule has 0 N–H and O–H groups in total. The average molecular weight is 855 g/mol. The second-order valence-electron chi connectivity index (χ2n) is 17.4. The van der Waals surface area contributed by atoms with Crippen molar-refractivity contribution in [3.63, 3.8) is 0 Å². The van der Waals surface area contributed by atoms with Crippen molar-refractivity contribution in [3.8, 4) is 0 Å². The van der Waals surface area contributed by atoms with Crippen LogP contribution in [-0.2, 0) is 28.6 Å². The van der Waals surface area contributed by atoms with Gasteiger partial charge in [0.15, 0.2) is 6.10 Å². The number of ether oxygens (including phenoxy) is 3. The maximum atomic E-state index is 12.8. The van der Waals surface area contributed by atoms with Gasteiger partial charge < -0.3 is 14.2 Å². The summed E-state index contributed by atoms with van der Waals surface area (Å²) in [6, 6.07) is 0. The summed E-state index contributed by atoms with van der Waals surface area (Å²) in [6.45, 7) is 6.50. The highest BCUT2D eigenvalue weighted by atomic mass is 16.6. The predicted octanol–water partition coefficient (Wildman–Crippen LogP) is 17.1. The molecule has 0 aromatic heterocycles. The predicted molar refractivity (Wildman–Crippen MR) is 261 cm³/mol. The molecule has 0 aromatic rings. The van der Waals surface area contributed by atoms with E-state index in [1.807, 2.05) is 0 Å². The first-order valence-corrected chi connectivity index (χ1v) is 26.2. The number of carbonyl (C=O) groups is 3. The largest absolute Gasteiger partial charge is 0.462 e. The summed E-state index contributed by atoms with van der Waals surface area (Å²) in [5.41, 5.74) is 0. The quantitative estimate of drug-likeness (QED) is 0.0199. The Morgan fingerprint density at radius 3 is 1.11 bits per heavy atom. The highest BCUT2D eigenvalue weighted by Gasteiger charge is 2.19. The van der Waals surface area contributed by atoms with E-state index in [-0.39, 0.29) is 31.1 Å². The van der Waals surface area contributed by atoms with Gasteiger partial charge in [0.2, 0.25) is 0 Å². The van der Waals surface area contributed by atoms with Crippen LogP contribution in [0.2, 0.25) is 0 Å². The molecule has 0 fully saturated rings. The van der Waals surface area contributed by atoms with Gasteiger partial charge in [0.05, 0.1) is 0 Å². The Morgan fingerprint density at radius 1 is 0.361 bits per heavy atom. The third-order valence-electron chi connectivity index (χ3n) is 11.3. The monoisotopic (exact) mass is 855 g/mol. The van der Waals surface area contributed by atoms with E-state index in [0.717, 1.165) is 77.0 Å². The third kappa shape index (κ3) is 48.3. The van der Waals surface area contributed by atoms with Crippen molar-refractivity contribution in [2.24, 2.45) is 0 Å². The molecular weight excluding hydrogens is 757 g/mol. The van der Waals surface area contributed by atoms with E-state index in [4.69, 9.17) is 14.2 Å². The van der Waals surface area contributed by atoms with Crippen LogP contribution in [0.15, 0.2) is 48.6 Å². The number of hydrogen-bond acceptors (Lipinski definition) is 6. The van der Waals surface area contributed by atoms with Gasteiger partial charge in [0.25, 0.3) is 0 Å². The fourth-order valence-electron chi connectivity index (χ4n) is 7.41. The standard InChI is InChI=1S/C55H98O6/c1-4-7-10-13-16-19-22-24-26-27-28-29-30-32-33-36-39-42-45-48-54(57)60-51-52(50-59-53(56)47-44-41-38-35-21-18-15-12-9-6-3)61-55(58)49-46-43-40-37-34-31-25-23-20-17-14-11-8-5-2/h8,11,16-17,19-20,22,24,52H,4-7,9-10,12-15,18,21,23,25-51H2,1-3H3/b11-8-,19-16-,20-17-,24-22-. The minimum absolute atomic E-state index is 0.0753. The van der Waals surface area contributed by atoms with E-state index in [1.165, 1.54) is 148 Å². The fraction of sp³-hybridized carbons (Fsp3) is 0.800. The molecule has 0 bridgehead atoms. The van der Waals surface area contributed by atoms with Crippen molar-refractivity contribution < 1.29 is 28.6 Å². The van der Waals surface area contributed by atoms with Crippen LogP contribution >= 0.6 is 0 Å². The number of allylic oxidation sites excluding steroid dienone is 8. The van der Waals surface area contributed by atoms with E-state index in [9.17, 15) is 14.4 Å². The first-order valence-electron chi connectivity index (χ1n) is 26.2.